The normalized spacial score (nSPS) is 43.1. The first kappa shape index (κ1) is 9.16. The number of allylic oxidation sites excluding steroid dienone is 1. The zero-order valence-corrected chi connectivity index (χ0v) is 8.46. The van der Waals surface area contributed by atoms with Gasteiger partial charge in [0.1, 0.15) is 0 Å². The van der Waals surface area contributed by atoms with Crippen LogP contribution in [-0.2, 0) is 14.3 Å². The molecule has 3 rings (SSSR count). The van der Waals surface area contributed by atoms with Crippen LogP contribution in [0.4, 0.5) is 0 Å². The molecule has 15 heavy (non-hydrogen) atoms. The molecule has 0 radical (unpaired) electrons. The van der Waals surface area contributed by atoms with Crippen LogP contribution >= 0.6 is 0 Å². The first-order valence-corrected chi connectivity index (χ1v) is 5.54. The summed E-state index contributed by atoms with van der Waals surface area (Å²) in [6, 6.07) is 0. The lowest BCUT2D eigenvalue weighted by Gasteiger charge is -2.40. The molecule has 80 valence electrons. The van der Waals surface area contributed by atoms with Crippen molar-refractivity contribution in [3.8, 4) is 0 Å². The highest BCUT2D eigenvalue weighted by Gasteiger charge is 2.42. The Morgan fingerprint density at radius 1 is 1.27 bits per heavy atom. The molecule has 0 N–H and O–H groups in total. The third kappa shape index (κ3) is 1.51. The van der Waals surface area contributed by atoms with Crippen molar-refractivity contribution in [2.45, 2.75) is 31.5 Å². The van der Waals surface area contributed by atoms with E-state index < -0.39 is 0 Å². The fourth-order valence-electron chi connectivity index (χ4n) is 2.69. The topological polar surface area (TPSA) is 35.5 Å². The van der Waals surface area contributed by atoms with E-state index in [1.165, 1.54) is 6.26 Å². The molecule has 3 nitrogen and oxygen atoms in total. The summed E-state index contributed by atoms with van der Waals surface area (Å²) in [6.07, 6.45) is 10.9. The van der Waals surface area contributed by atoms with Gasteiger partial charge in [0.05, 0.1) is 24.4 Å². The predicted molar refractivity (Wildman–Crippen MR) is 53.9 cm³/mol. The van der Waals surface area contributed by atoms with Crippen molar-refractivity contribution in [2.75, 3.05) is 0 Å². The van der Waals surface area contributed by atoms with Gasteiger partial charge < -0.3 is 9.47 Å². The number of cyclic esters (lactones) is 1. The van der Waals surface area contributed by atoms with E-state index in [9.17, 15) is 4.79 Å². The quantitative estimate of drug-likeness (QED) is 0.448. The number of carbonyl (C=O) groups excluding carboxylic acids is 1. The van der Waals surface area contributed by atoms with E-state index in [4.69, 9.17) is 9.47 Å². The summed E-state index contributed by atoms with van der Waals surface area (Å²) >= 11 is 0. The lowest BCUT2D eigenvalue weighted by Crippen LogP contribution is -2.45. The van der Waals surface area contributed by atoms with Gasteiger partial charge in [-0.2, -0.15) is 0 Å². The second kappa shape index (κ2) is 3.49. The molecule has 0 aromatic heterocycles. The summed E-state index contributed by atoms with van der Waals surface area (Å²) in [4.78, 5) is 11.5. The first-order chi connectivity index (χ1) is 7.34. The third-order valence-electron chi connectivity index (χ3n) is 3.52. The van der Waals surface area contributed by atoms with Gasteiger partial charge in [-0.15, -0.1) is 0 Å². The van der Waals surface area contributed by atoms with Gasteiger partial charge in [-0.1, -0.05) is 12.2 Å². The van der Waals surface area contributed by atoms with Crippen molar-refractivity contribution in [2.24, 2.45) is 11.8 Å². The third-order valence-corrected chi connectivity index (χ3v) is 3.52. The molecule has 0 amide bonds. The molecular weight excluding hydrogens is 192 g/mol. The molecule has 0 saturated carbocycles. The minimum absolute atomic E-state index is 0.0738. The Bertz CT molecular complexity index is 332. The number of rotatable bonds is 0. The lowest BCUT2D eigenvalue weighted by molar-refractivity contribution is -0.160. The van der Waals surface area contributed by atoms with Gasteiger partial charge in [0.25, 0.3) is 0 Å². The van der Waals surface area contributed by atoms with Crippen LogP contribution in [0.5, 0.6) is 0 Å². The van der Waals surface area contributed by atoms with Crippen LogP contribution in [0.1, 0.15) is 19.3 Å². The van der Waals surface area contributed by atoms with Gasteiger partial charge in [-0.3, -0.25) is 4.79 Å². The van der Waals surface area contributed by atoms with Crippen molar-refractivity contribution in [1.29, 1.82) is 0 Å². The van der Waals surface area contributed by atoms with Crippen LogP contribution in [0, 0.1) is 11.8 Å². The molecule has 4 atom stereocenters. The van der Waals surface area contributed by atoms with E-state index in [0.29, 0.717) is 5.92 Å². The number of esters is 1. The Kier molecular flexibility index (Phi) is 2.13. The predicted octanol–water partition coefficient (Wildman–Crippen LogP) is 1.80. The Morgan fingerprint density at radius 2 is 2.20 bits per heavy atom. The van der Waals surface area contributed by atoms with Gasteiger partial charge in [-0.05, 0) is 31.3 Å². The number of ether oxygens (including phenoxy) is 2. The first-order valence-electron chi connectivity index (χ1n) is 5.54. The smallest absolute Gasteiger partial charge is 0.316 e. The van der Waals surface area contributed by atoms with Gasteiger partial charge in [-0.25, -0.2) is 0 Å². The Labute approximate surface area is 88.7 Å². The monoisotopic (exact) mass is 206 g/mol. The SMILES string of the molecule is O=C1OC=CC2OC3C=CCCC3CC12. The van der Waals surface area contributed by atoms with E-state index in [1.807, 2.05) is 6.08 Å². The average molecular weight is 206 g/mol. The van der Waals surface area contributed by atoms with Crippen molar-refractivity contribution in [1.82, 2.24) is 0 Å². The fraction of sp³-hybridized carbons (Fsp3) is 0.583. The van der Waals surface area contributed by atoms with Crippen LogP contribution in [0.2, 0.25) is 0 Å². The number of carbonyl (C=O) groups is 1. The van der Waals surface area contributed by atoms with Crippen LogP contribution in [0.3, 0.4) is 0 Å². The summed E-state index contributed by atoms with van der Waals surface area (Å²) in [5, 5.41) is 0. The molecular formula is C12H14O3. The van der Waals surface area contributed by atoms with Crippen molar-refractivity contribution < 1.29 is 14.3 Å². The summed E-state index contributed by atoms with van der Waals surface area (Å²) < 4.78 is 10.8. The second-order valence-electron chi connectivity index (χ2n) is 4.44. The highest BCUT2D eigenvalue weighted by atomic mass is 16.5. The molecule has 0 spiro atoms. The molecule has 1 saturated heterocycles. The maximum absolute atomic E-state index is 11.5. The molecule has 0 aromatic carbocycles. The minimum atomic E-state index is -0.129. The second-order valence-corrected chi connectivity index (χ2v) is 4.44. The Morgan fingerprint density at radius 3 is 3.13 bits per heavy atom. The van der Waals surface area contributed by atoms with Crippen LogP contribution < -0.4 is 0 Å². The lowest BCUT2D eigenvalue weighted by atomic mass is 9.78. The van der Waals surface area contributed by atoms with Crippen LogP contribution in [0.15, 0.2) is 24.5 Å². The van der Waals surface area contributed by atoms with Crippen molar-refractivity contribution in [3.05, 3.63) is 24.5 Å². The van der Waals surface area contributed by atoms with E-state index in [-0.39, 0.29) is 24.1 Å². The fourth-order valence-corrected chi connectivity index (χ4v) is 2.69. The number of hydrogen-bond donors (Lipinski definition) is 0. The minimum Gasteiger partial charge on any atom is -0.434 e. The van der Waals surface area contributed by atoms with Gasteiger partial charge >= 0.3 is 5.97 Å². The molecule has 3 aliphatic rings. The highest BCUT2D eigenvalue weighted by Crippen LogP contribution is 2.38. The van der Waals surface area contributed by atoms with Crippen LogP contribution in [0.25, 0.3) is 0 Å². The van der Waals surface area contributed by atoms with Gasteiger partial charge in [0, 0.05) is 0 Å². The summed E-state index contributed by atoms with van der Waals surface area (Å²) in [5.41, 5.74) is 0. The molecule has 0 aromatic rings. The molecule has 0 bridgehead atoms. The van der Waals surface area contributed by atoms with E-state index in [2.05, 4.69) is 12.2 Å². The maximum atomic E-state index is 11.5. The molecule has 3 heteroatoms. The van der Waals surface area contributed by atoms with Gasteiger partial charge in [0.15, 0.2) is 0 Å². The van der Waals surface area contributed by atoms with Crippen LogP contribution in [-0.4, -0.2) is 18.2 Å². The zero-order chi connectivity index (χ0) is 10.3. The molecule has 2 aliphatic heterocycles. The Balaban J connectivity index is 1.84. The molecule has 4 unspecified atom stereocenters. The maximum Gasteiger partial charge on any atom is 0.316 e. The van der Waals surface area contributed by atoms with Crippen molar-refractivity contribution in [3.63, 3.8) is 0 Å². The molecule has 1 aliphatic carbocycles. The zero-order valence-electron chi connectivity index (χ0n) is 8.46. The number of hydrogen-bond acceptors (Lipinski definition) is 3. The summed E-state index contributed by atoms with van der Waals surface area (Å²) in [6.45, 7) is 0. The summed E-state index contributed by atoms with van der Waals surface area (Å²) in [7, 11) is 0. The average Bonchev–Trinajstić information content (AvgIpc) is 2.27. The highest BCUT2D eigenvalue weighted by molar-refractivity contribution is 5.75. The largest absolute Gasteiger partial charge is 0.434 e. The summed E-state index contributed by atoms with van der Waals surface area (Å²) in [5.74, 6) is 0.286. The molecule has 2 heterocycles. The van der Waals surface area contributed by atoms with E-state index in [1.54, 1.807) is 0 Å². The Hall–Kier alpha value is -1.09. The molecule has 1 fully saturated rings. The van der Waals surface area contributed by atoms with Crippen molar-refractivity contribution >= 4 is 5.97 Å². The van der Waals surface area contributed by atoms with E-state index in [0.717, 1.165) is 19.3 Å². The number of fused-ring (bicyclic) bond motifs is 2. The standard InChI is InChI=1S/C12H14O3/c13-12-9-7-8-3-1-2-4-10(8)15-11(9)5-6-14-12/h2,4-6,8-11H,1,3,7H2. The van der Waals surface area contributed by atoms with Gasteiger partial charge in [0.2, 0.25) is 0 Å². The van der Waals surface area contributed by atoms with E-state index >= 15 is 0 Å².